The number of anilines is 1. The molecule has 0 aliphatic heterocycles. The van der Waals surface area contributed by atoms with E-state index in [1.165, 1.54) is 18.2 Å². The number of amides is 1. The first kappa shape index (κ1) is 24.2. The molecule has 0 bridgehead atoms. The smallest absolute Gasteiger partial charge is 0.287 e. The fraction of sp³-hybridized carbons (Fsp3) is 0.480. The molecule has 182 valence electrons. The highest BCUT2D eigenvalue weighted by Gasteiger charge is 2.31. The van der Waals surface area contributed by atoms with Gasteiger partial charge in [-0.25, -0.2) is 4.98 Å². The molecule has 9 heteroatoms. The zero-order valence-corrected chi connectivity index (χ0v) is 19.8. The Bertz CT molecular complexity index is 1220. The van der Waals surface area contributed by atoms with Gasteiger partial charge in [-0.2, -0.15) is 13.9 Å². The fourth-order valence-corrected chi connectivity index (χ4v) is 4.37. The number of pyridine rings is 1. The lowest BCUT2D eigenvalue weighted by Gasteiger charge is -2.33. The zero-order chi connectivity index (χ0) is 24.9. The van der Waals surface area contributed by atoms with E-state index in [1.807, 2.05) is 17.8 Å². The minimum atomic E-state index is -3.17. The first-order valence-electron chi connectivity index (χ1n) is 11.4. The van der Waals surface area contributed by atoms with Crippen LogP contribution in [0.1, 0.15) is 81.2 Å². The van der Waals surface area contributed by atoms with Gasteiger partial charge >= 0.3 is 0 Å². The number of carbonyl (C=O) groups excluding carboxylic acids is 1. The second-order valence-electron chi connectivity index (χ2n) is 10.1. The number of hydrogen-bond donors (Lipinski definition) is 3. The van der Waals surface area contributed by atoms with E-state index in [4.69, 9.17) is 5.10 Å². The third-order valence-electron chi connectivity index (χ3n) is 6.41. The minimum absolute atomic E-state index is 0.147. The largest absolute Gasteiger partial charge is 0.390 e. The summed E-state index contributed by atoms with van der Waals surface area (Å²) in [4.78, 5) is 16.7. The standard InChI is InChI=1S/C25H30F2N4O3/c1-23(2,33)17-13-19-15(14-31(30-19)16-8-10-24(3,34)11-9-16)12-20(17)29-22(32)18-6-5-7-21(28-18)25(4,26)27/h5-7,12-14,16,33-34H,8-11H2,1-4H3,(H,29,32). The number of carbonyl (C=O) groups is 1. The molecule has 2 aromatic heterocycles. The summed E-state index contributed by atoms with van der Waals surface area (Å²) >= 11 is 0. The van der Waals surface area contributed by atoms with Gasteiger partial charge in [0.15, 0.2) is 0 Å². The Kier molecular flexibility index (Phi) is 5.98. The summed E-state index contributed by atoms with van der Waals surface area (Å²) in [6.07, 6.45) is 4.86. The number of halogens is 2. The zero-order valence-electron chi connectivity index (χ0n) is 19.8. The average molecular weight is 473 g/mol. The van der Waals surface area contributed by atoms with Crippen LogP contribution in [0.3, 0.4) is 0 Å². The third-order valence-corrected chi connectivity index (χ3v) is 6.41. The Morgan fingerprint density at radius 2 is 1.88 bits per heavy atom. The van der Waals surface area contributed by atoms with Crippen molar-refractivity contribution in [1.82, 2.24) is 14.8 Å². The molecule has 3 aromatic rings. The van der Waals surface area contributed by atoms with Gasteiger partial charge in [0.05, 0.1) is 22.8 Å². The number of nitrogens with one attached hydrogen (secondary N) is 1. The molecule has 7 nitrogen and oxygen atoms in total. The van der Waals surface area contributed by atoms with Crippen LogP contribution in [0, 0.1) is 0 Å². The van der Waals surface area contributed by atoms with Crippen LogP contribution in [0.25, 0.3) is 10.9 Å². The van der Waals surface area contributed by atoms with E-state index in [9.17, 15) is 23.8 Å². The van der Waals surface area contributed by atoms with Crippen molar-refractivity contribution in [1.29, 1.82) is 0 Å². The quantitative estimate of drug-likeness (QED) is 0.491. The molecule has 0 radical (unpaired) electrons. The summed E-state index contributed by atoms with van der Waals surface area (Å²) in [7, 11) is 0. The second-order valence-corrected chi connectivity index (χ2v) is 10.1. The van der Waals surface area contributed by atoms with Crippen molar-refractivity contribution in [2.75, 3.05) is 5.32 Å². The van der Waals surface area contributed by atoms with Crippen LogP contribution in [0.15, 0.2) is 36.5 Å². The highest BCUT2D eigenvalue weighted by molar-refractivity contribution is 6.04. The molecule has 34 heavy (non-hydrogen) atoms. The Hall–Kier alpha value is -2.91. The molecular weight excluding hydrogens is 442 g/mol. The molecule has 1 aliphatic rings. The fourth-order valence-electron chi connectivity index (χ4n) is 4.37. The van der Waals surface area contributed by atoms with Crippen molar-refractivity contribution < 1.29 is 23.8 Å². The topological polar surface area (TPSA) is 100 Å². The molecule has 2 heterocycles. The van der Waals surface area contributed by atoms with Crippen molar-refractivity contribution in [3.63, 3.8) is 0 Å². The van der Waals surface area contributed by atoms with Gasteiger partial charge in [0.25, 0.3) is 11.8 Å². The lowest BCUT2D eigenvalue weighted by atomic mass is 9.84. The predicted molar refractivity (Wildman–Crippen MR) is 125 cm³/mol. The first-order chi connectivity index (χ1) is 15.7. The summed E-state index contributed by atoms with van der Waals surface area (Å²) in [5.74, 6) is -3.83. The highest BCUT2D eigenvalue weighted by Crippen LogP contribution is 2.37. The SMILES string of the molecule is CC1(O)CCC(n2cc3cc(NC(=O)c4cccc(C(C)(F)F)n4)c(C(C)(C)O)cc3n2)CC1. The van der Waals surface area contributed by atoms with Crippen LogP contribution in [0.2, 0.25) is 0 Å². The molecule has 1 saturated carbocycles. The van der Waals surface area contributed by atoms with Crippen LogP contribution < -0.4 is 5.32 Å². The summed E-state index contributed by atoms with van der Waals surface area (Å²) in [5, 5.41) is 29.2. The number of nitrogens with zero attached hydrogens (tertiary/aromatic N) is 3. The lowest BCUT2D eigenvalue weighted by Crippen LogP contribution is -2.31. The van der Waals surface area contributed by atoms with E-state index < -0.39 is 28.7 Å². The van der Waals surface area contributed by atoms with Crippen LogP contribution >= 0.6 is 0 Å². The number of hydrogen-bond acceptors (Lipinski definition) is 5. The first-order valence-corrected chi connectivity index (χ1v) is 11.4. The van der Waals surface area contributed by atoms with Crippen LogP contribution in [-0.2, 0) is 11.5 Å². The number of alkyl halides is 2. The highest BCUT2D eigenvalue weighted by atomic mass is 19.3. The number of aliphatic hydroxyl groups is 2. The van der Waals surface area contributed by atoms with Gasteiger partial charge in [-0.15, -0.1) is 0 Å². The lowest BCUT2D eigenvalue weighted by molar-refractivity contribution is 0.00852. The van der Waals surface area contributed by atoms with Gasteiger partial charge in [-0.1, -0.05) is 6.07 Å². The number of fused-ring (bicyclic) bond motifs is 1. The second kappa shape index (κ2) is 8.39. The molecule has 3 N–H and O–H groups in total. The summed E-state index contributed by atoms with van der Waals surface area (Å²) in [6.45, 7) is 5.77. The monoisotopic (exact) mass is 472 g/mol. The molecule has 0 spiro atoms. The van der Waals surface area contributed by atoms with Crippen LogP contribution in [0.5, 0.6) is 0 Å². The Morgan fingerprint density at radius 3 is 2.50 bits per heavy atom. The van der Waals surface area contributed by atoms with E-state index in [0.29, 0.717) is 29.6 Å². The minimum Gasteiger partial charge on any atom is -0.390 e. The van der Waals surface area contributed by atoms with Crippen molar-refractivity contribution in [2.24, 2.45) is 0 Å². The molecule has 0 unspecified atom stereocenters. The van der Waals surface area contributed by atoms with Crippen molar-refractivity contribution >= 4 is 22.5 Å². The molecule has 4 rings (SSSR count). The Morgan fingerprint density at radius 1 is 1.21 bits per heavy atom. The molecule has 1 amide bonds. The molecule has 1 aromatic carbocycles. The van der Waals surface area contributed by atoms with E-state index in [-0.39, 0.29) is 11.7 Å². The van der Waals surface area contributed by atoms with E-state index in [1.54, 1.807) is 26.0 Å². The third kappa shape index (κ3) is 5.10. The van der Waals surface area contributed by atoms with Crippen LogP contribution in [-0.4, -0.2) is 36.5 Å². The summed E-state index contributed by atoms with van der Waals surface area (Å²) < 4.78 is 29.2. The number of benzene rings is 1. The predicted octanol–water partition coefficient (Wildman–Crippen LogP) is 4.89. The number of rotatable bonds is 5. The van der Waals surface area contributed by atoms with Gasteiger partial charge in [-0.05, 0) is 70.7 Å². The Balaban J connectivity index is 1.67. The number of aromatic nitrogens is 3. The summed E-state index contributed by atoms with van der Waals surface area (Å²) in [6, 6.07) is 7.50. The van der Waals surface area contributed by atoms with Crippen molar-refractivity contribution in [3.05, 3.63) is 53.5 Å². The van der Waals surface area contributed by atoms with Gasteiger partial charge in [0.2, 0.25) is 0 Å². The van der Waals surface area contributed by atoms with Crippen LogP contribution in [0.4, 0.5) is 14.5 Å². The van der Waals surface area contributed by atoms with E-state index in [2.05, 4.69) is 10.3 Å². The normalized spacial score (nSPS) is 21.6. The maximum Gasteiger partial charge on any atom is 0.287 e. The average Bonchev–Trinajstić information content (AvgIpc) is 3.15. The van der Waals surface area contributed by atoms with Crippen molar-refractivity contribution in [2.45, 2.75) is 76.5 Å². The molecule has 1 aliphatic carbocycles. The maximum absolute atomic E-state index is 13.7. The van der Waals surface area contributed by atoms with Gasteiger partial charge < -0.3 is 15.5 Å². The Labute approximate surface area is 196 Å². The van der Waals surface area contributed by atoms with Gasteiger partial charge in [0.1, 0.15) is 11.4 Å². The van der Waals surface area contributed by atoms with E-state index in [0.717, 1.165) is 25.2 Å². The molecule has 0 saturated heterocycles. The van der Waals surface area contributed by atoms with Gasteiger partial charge in [0, 0.05) is 29.8 Å². The molecular formula is C25H30F2N4O3. The van der Waals surface area contributed by atoms with Crippen molar-refractivity contribution in [3.8, 4) is 0 Å². The molecule has 1 fully saturated rings. The van der Waals surface area contributed by atoms with E-state index >= 15 is 0 Å². The van der Waals surface area contributed by atoms with Gasteiger partial charge in [-0.3, -0.25) is 9.48 Å². The maximum atomic E-state index is 13.7. The summed E-state index contributed by atoms with van der Waals surface area (Å²) in [5.41, 5.74) is -1.12. The molecule has 0 atom stereocenters.